The summed E-state index contributed by atoms with van der Waals surface area (Å²) in [6, 6.07) is 9.22. The third kappa shape index (κ3) is 3.76. The molecule has 1 aliphatic carbocycles. The minimum absolute atomic E-state index is 0.444. The van der Waals surface area contributed by atoms with Crippen LogP contribution in [0, 0.1) is 11.3 Å². The van der Waals surface area contributed by atoms with Gasteiger partial charge < -0.3 is 9.47 Å². The van der Waals surface area contributed by atoms with E-state index in [0.717, 1.165) is 5.75 Å². The molecule has 0 N–H and O–H groups in total. The van der Waals surface area contributed by atoms with Gasteiger partial charge in [0.1, 0.15) is 12.4 Å². The lowest BCUT2D eigenvalue weighted by atomic mass is 10.2. The van der Waals surface area contributed by atoms with Gasteiger partial charge in [0.2, 0.25) is 0 Å². The summed E-state index contributed by atoms with van der Waals surface area (Å²) in [4.78, 5) is 0. The Morgan fingerprint density at radius 1 is 1.12 bits per heavy atom. The van der Waals surface area contributed by atoms with Crippen LogP contribution < -0.4 is 4.74 Å². The number of rotatable bonds is 5. The summed E-state index contributed by atoms with van der Waals surface area (Å²) in [5.41, 5.74) is 0.652. The lowest BCUT2D eigenvalue weighted by Gasteiger charge is -2.11. The summed E-state index contributed by atoms with van der Waals surface area (Å²) in [5.74, 6) is 0.791. The average molecular weight is 231 g/mol. The minimum Gasteiger partial charge on any atom is -0.491 e. The van der Waals surface area contributed by atoms with Gasteiger partial charge in [0.15, 0.2) is 0 Å². The van der Waals surface area contributed by atoms with Crippen molar-refractivity contribution in [1.82, 2.24) is 0 Å². The van der Waals surface area contributed by atoms with Crippen molar-refractivity contribution in [3.8, 4) is 11.8 Å². The van der Waals surface area contributed by atoms with Crippen LogP contribution in [0.4, 0.5) is 0 Å². The maximum atomic E-state index is 8.65. The first-order valence-electron chi connectivity index (χ1n) is 6.13. The highest BCUT2D eigenvalue weighted by Gasteiger charge is 2.14. The van der Waals surface area contributed by atoms with E-state index < -0.39 is 0 Å². The van der Waals surface area contributed by atoms with E-state index in [0.29, 0.717) is 24.9 Å². The molecule has 17 heavy (non-hydrogen) atoms. The highest BCUT2D eigenvalue weighted by molar-refractivity contribution is 5.34. The van der Waals surface area contributed by atoms with Crippen molar-refractivity contribution in [3.63, 3.8) is 0 Å². The standard InChI is InChI=1S/C14H17NO2/c15-11-12-5-7-14(8-6-12)17-10-9-16-13-3-1-2-4-13/h5-8,13H,1-4,9-10H2. The molecule has 0 aliphatic heterocycles. The summed E-state index contributed by atoms with van der Waals surface area (Å²) in [5, 5.41) is 8.65. The number of ether oxygens (including phenoxy) is 2. The van der Waals surface area contributed by atoms with Crippen molar-refractivity contribution in [2.75, 3.05) is 13.2 Å². The third-order valence-electron chi connectivity index (χ3n) is 2.99. The predicted octanol–water partition coefficient (Wildman–Crippen LogP) is 2.90. The Bertz CT molecular complexity index is 374. The number of hydrogen-bond acceptors (Lipinski definition) is 3. The van der Waals surface area contributed by atoms with E-state index in [1.54, 1.807) is 12.1 Å². The molecule has 0 unspecified atom stereocenters. The molecule has 0 atom stereocenters. The molecule has 3 nitrogen and oxygen atoms in total. The largest absolute Gasteiger partial charge is 0.491 e. The molecular weight excluding hydrogens is 214 g/mol. The van der Waals surface area contributed by atoms with Crippen molar-refractivity contribution in [2.45, 2.75) is 31.8 Å². The van der Waals surface area contributed by atoms with E-state index in [4.69, 9.17) is 14.7 Å². The van der Waals surface area contributed by atoms with Gasteiger partial charge in [0.25, 0.3) is 0 Å². The SMILES string of the molecule is N#Cc1ccc(OCCOC2CCCC2)cc1. The molecule has 1 saturated carbocycles. The van der Waals surface area contributed by atoms with E-state index in [2.05, 4.69) is 6.07 Å². The second kappa shape index (κ2) is 6.27. The molecule has 0 bridgehead atoms. The number of hydrogen-bond donors (Lipinski definition) is 0. The second-order valence-electron chi connectivity index (χ2n) is 4.26. The van der Waals surface area contributed by atoms with Crippen LogP contribution in [0.5, 0.6) is 5.75 Å². The molecule has 2 rings (SSSR count). The summed E-state index contributed by atoms with van der Waals surface area (Å²) in [7, 11) is 0. The highest BCUT2D eigenvalue weighted by atomic mass is 16.5. The Balaban J connectivity index is 1.65. The molecule has 0 heterocycles. The lowest BCUT2D eigenvalue weighted by molar-refractivity contribution is 0.0382. The molecule has 1 fully saturated rings. The first-order valence-corrected chi connectivity index (χ1v) is 6.13. The van der Waals surface area contributed by atoms with Gasteiger partial charge in [-0.3, -0.25) is 0 Å². The van der Waals surface area contributed by atoms with E-state index in [-0.39, 0.29) is 0 Å². The van der Waals surface area contributed by atoms with Crippen LogP contribution in [0.1, 0.15) is 31.2 Å². The van der Waals surface area contributed by atoms with Crippen LogP contribution >= 0.6 is 0 Å². The Morgan fingerprint density at radius 3 is 2.47 bits per heavy atom. The van der Waals surface area contributed by atoms with E-state index in [1.165, 1.54) is 25.7 Å². The van der Waals surface area contributed by atoms with Crippen LogP contribution in [-0.4, -0.2) is 19.3 Å². The van der Waals surface area contributed by atoms with E-state index in [1.807, 2.05) is 12.1 Å². The third-order valence-corrected chi connectivity index (χ3v) is 2.99. The quantitative estimate of drug-likeness (QED) is 0.732. The molecule has 0 amide bonds. The number of nitrogens with zero attached hydrogens (tertiary/aromatic N) is 1. The number of nitriles is 1. The van der Waals surface area contributed by atoms with Crippen LogP contribution in [0.15, 0.2) is 24.3 Å². The molecule has 0 aromatic heterocycles. The lowest BCUT2D eigenvalue weighted by Crippen LogP contribution is -2.13. The predicted molar refractivity (Wildman–Crippen MR) is 64.9 cm³/mol. The van der Waals surface area contributed by atoms with Gasteiger partial charge in [-0.1, -0.05) is 12.8 Å². The fourth-order valence-corrected chi connectivity index (χ4v) is 2.06. The summed E-state index contributed by atoms with van der Waals surface area (Å²) in [6.07, 6.45) is 5.41. The molecule has 0 radical (unpaired) electrons. The maximum absolute atomic E-state index is 8.65. The smallest absolute Gasteiger partial charge is 0.119 e. The average Bonchev–Trinajstić information content (AvgIpc) is 2.88. The van der Waals surface area contributed by atoms with Crippen LogP contribution in [0.2, 0.25) is 0 Å². The van der Waals surface area contributed by atoms with Crippen molar-refractivity contribution in [1.29, 1.82) is 5.26 Å². The van der Waals surface area contributed by atoms with Crippen molar-refractivity contribution in [3.05, 3.63) is 29.8 Å². The van der Waals surface area contributed by atoms with Crippen molar-refractivity contribution < 1.29 is 9.47 Å². The van der Waals surface area contributed by atoms with Crippen LogP contribution in [0.3, 0.4) is 0 Å². The fraction of sp³-hybridized carbons (Fsp3) is 0.500. The second-order valence-corrected chi connectivity index (χ2v) is 4.26. The fourth-order valence-electron chi connectivity index (χ4n) is 2.06. The molecule has 90 valence electrons. The van der Waals surface area contributed by atoms with Crippen molar-refractivity contribution in [2.24, 2.45) is 0 Å². The molecule has 0 saturated heterocycles. The zero-order valence-corrected chi connectivity index (χ0v) is 9.89. The summed E-state index contributed by atoms with van der Waals surface area (Å²) >= 11 is 0. The van der Waals surface area contributed by atoms with Crippen molar-refractivity contribution >= 4 is 0 Å². The Labute approximate surface area is 102 Å². The zero-order chi connectivity index (χ0) is 11.9. The Hall–Kier alpha value is -1.53. The van der Waals surface area contributed by atoms with Gasteiger partial charge in [-0.25, -0.2) is 0 Å². The van der Waals surface area contributed by atoms with Gasteiger partial charge in [-0.2, -0.15) is 5.26 Å². The maximum Gasteiger partial charge on any atom is 0.119 e. The summed E-state index contributed by atoms with van der Waals surface area (Å²) < 4.78 is 11.2. The van der Waals surface area contributed by atoms with Gasteiger partial charge >= 0.3 is 0 Å². The first-order chi connectivity index (χ1) is 8.38. The van der Waals surface area contributed by atoms with Gasteiger partial charge in [0, 0.05) is 0 Å². The molecular formula is C14H17NO2. The normalized spacial score (nSPS) is 15.7. The Kier molecular flexibility index (Phi) is 4.40. The molecule has 1 aromatic carbocycles. The van der Waals surface area contributed by atoms with Gasteiger partial charge in [-0.05, 0) is 37.1 Å². The molecule has 1 aliphatic rings. The van der Waals surface area contributed by atoms with Crippen LogP contribution in [0.25, 0.3) is 0 Å². The Morgan fingerprint density at radius 2 is 1.82 bits per heavy atom. The van der Waals surface area contributed by atoms with Gasteiger partial charge in [-0.15, -0.1) is 0 Å². The minimum atomic E-state index is 0.444. The van der Waals surface area contributed by atoms with E-state index in [9.17, 15) is 0 Å². The monoisotopic (exact) mass is 231 g/mol. The molecule has 1 aromatic rings. The van der Waals surface area contributed by atoms with E-state index >= 15 is 0 Å². The zero-order valence-electron chi connectivity index (χ0n) is 9.89. The molecule has 0 spiro atoms. The van der Waals surface area contributed by atoms with Gasteiger partial charge in [0.05, 0.1) is 24.3 Å². The number of benzene rings is 1. The summed E-state index contributed by atoms with van der Waals surface area (Å²) in [6.45, 7) is 1.22. The van der Waals surface area contributed by atoms with Crippen LogP contribution in [-0.2, 0) is 4.74 Å². The highest BCUT2D eigenvalue weighted by Crippen LogP contribution is 2.20. The molecule has 3 heteroatoms. The topological polar surface area (TPSA) is 42.2 Å². The first kappa shape index (κ1) is 11.9.